The molecule has 1 aromatic rings. The summed E-state index contributed by atoms with van der Waals surface area (Å²) < 4.78 is 0. The summed E-state index contributed by atoms with van der Waals surface area (Å²) in [7, 11) is 1.26. The normalized spacial score (nSPS) is 12.1. The van der Waals surface area contributed by atoms with Gasteiger partial charge in [0.05, 0.1) is 0 Å². The van der Waals surface area contributed by atoms with Gasteiger partial charge in [0.15, 0.2) is 0 Å². The van der Waals surface area contributed by atoms with Crippen molar-refractivity contribution >= 4 is 10.2 Å². The Morgan fingerprint density at radius 1 is 1.20 bits per heavy atom. The van der Waals surface area contributed by atoms with Gasteiger partial charge in [0.1, 0.15) is 0 Å². The number of hydrogen-bond acceptors (Lipinski definition) is 0. The third-order valence-electron chi connectivity index (χ3n) is 1.47. The zero-order valence-electron chi connectivity index (χ0n) is 6.37. The molecule has 0 bridgehead atoms. The molecule has 56 valence electrons. The maximum atomic E-state index is 2.27. The maximum absolute atomic E-state index is 2.27. The van der Waals surface area contributed by atoms with Crippen LogP contribution in [0.15, 0.2) is 30.3 Å². The van der Waals surface area contributed by atoms with Crippen molar-refractivity contribution in [3.63, 3.8) is 0 Å². The topological polar surface area (TPSA) is 0 Å². The second-order valence-electron chi connectivity index (χ2n) is 2.57. The third kappa shape index (κ3) is 2.31. The minimum Gasteiger partial charge on any atom is -0.269 e. The van der Waals surface area contributed by atoms with Gasteiger partial charge in [-0.1, -0.05) is 37.3 Å². The quantitative estimate of drug-likeness (QED) is 0.537. The predicted octanol–water partition coefficient (Wildman–Crippen LogP) is 1.27. The van der Waals surface area contributed by atoms with E-state index in [1.807, 2.05) is 0 Å². The molecule has 0 N–H and O–H groups in total. The molecule has 0 saturated heterocycles. The molecule has 1 atom stereocenters. The van der Waals surface area contributed by atoms with E-state index in [0.29, 0.717) is 0 Å². The molecule has 0 saturated carbocycles. The van der Waals surface area contributed by atoms with Crippen LogP contribution in [-0.4, -0.2) is 10.2 Å². The van der Waals surface area contributed by atoms with Crippen LogP contribution in [0, 0.1) is 0 Å². The Labute approximate surface area is 64.1 Å². The Balaban J connectivity index is 0.000000810. The first-order valence-electron chi connectivity index (χ1n) is 3.35. The van der Waals surface area contributed by atoms with Crippen LogP contribution in [0.25, 0.3) is 0 Å². The maximum Gasteiger partial charge on any atom is 0.0119 e. The summed E-state index contributed by atoms with van der Waals surface area (Å²) in [4.78, 5) is 0. The molecule has 1 rings (SSSR count). The van der Waals surface area contributed by atoms with E-state index in [-0.39, 0.29) is 4.70 Å². The van der Waals surface area contributed by atoms with E-state index in [0.717, 1.165) is 5.54 Å². The molecule has 0 nitrogen and oxygen atoms in total. The lowest BCUT2D eigenvalue weighted by atomic mass is 10.2. The first-order chi connectivity index (χ1) is 4.30. The lowest BCUT2D eigenvalue weighted by molar-refractivity contribution is 1.08. The molecule has 0 amide bonds. The minimum atomic E-state index is 0. The van der Waals surface area contributed by atoms with Gasteiger partial charge in [-0.3, -0.25) is 4.70 Å². The summed E-state index contributed by atoms with van der Waals surface area (Å²) in [5, 5.41) is 0. The Kier molecular flexibility index (Phi) is 3.96. The molecule has 0 fully saturated rings. The molecule has 1 unspecified atom stereocenters. The van der Waals surface area contributed by atoms with Crippen molar-refractivity contribution in [3.05, 3.63) is 35.9 Å². The molecule has 0 aliphatic carbocycles. The molecule has 0 aliphatic rings. The Morgan fingerprint density at radius 3 is 2.00 bits per heavy atom. The van der Waals surface area contributed by atoms with E-state index < -0.39 is 0 Å². The smallest absolute Gasteiger partial charge is 0.0119 e. The van der Waals surface area contributed by atoms with Gasteiger partial charge >= 0.3 is 0 Å². The van der Waals surface area contributed by atoms with Crippen molar-refractivity contribution in [2.24, 2.45) is 0 Å². The highest BCUT2D eigenvalue weighted by atomic mass is 28.1. The van der Waals surface area contributed by atoms with Crippen molar-refractivity contribution in [2.45, 2.75) is 12.5 Å². The number of rotatable bonds is 1. The minimum absolute atomic E-state index is 0. The van der Waals surface area contributed by atoms with Gasteiger partial charge < -0.3 is 0 Å². The third-order valence-corrected chi connectivity index (χ3v) is 2.13. The monoisotopic (exact) mass is 156 g/mol. The van der Waals surface area contributed by atoms with E-state index in [1.54, 1.807) is 0 Å². The Bertz CT molecular complexity index is 172. The standard InChI is InChI=1S/C8H12Si.FH/c1-7(9)8-5-3-2-4-6-8;/h2-7H,1,9H3;1H. The van der Waals surface area contributed by atoms with E-state index in [4.69, 9.17) is 0 Å². The van der Waals surface area contributed by atoms with Gasteiger partial charge in [0.2, 0.25) is 0 Å². The summed E-state index contributed by atoms with van der Waals surface area (Å²) in [6, 6.07) is 10.6. The number of halogens is 1. The van der Waals surface area contributed by atoms with Crippen LogP contribution in [0.3, 0.4) is 0 Å². The van der Waals surface area contributed by atoms with Gasteiger partial charge in [-0.05, 0) is 11.1 Å². The van der Waals surface area contributed by atoms with Crippen LogP contribution in [0.2, 0.25) is 0 Å². The zero-order valence-corrected chi connectivity index (χ0v) is 8.37. The Hall–Kier alpha value is -0.633. The summed E-state index contributed by atoms with van der Waals surface area (Å²) in [5.74, 6) is 0. The van der Waals surface area contributed by atoms with Crippen molar-refractivity contribution in [1.82, 2.24) is 0 Å². The van der Waals surface area contributed by atoms with Crippen molar-refractivity contribution in [3.8, 4) is 0 Å². The van der Waals surface area contributed by atoms with Crippen LogP contribution >= 0.6 is 0 Å². The SMILES string of the molecule is CC([SiH3])c1ccccc1.F. The summed E-state index contributed by atoms with van der Waals surface area (Å²) in [6.45, 7) is 2.27. The van der Waals surface area contributed by atoms with E-state index >= 15 is 0 Å². The second-order valence-corrected chi connectivity index (χ2v) is 4.30. The molecule has 0 heterocycles. The first-order valence-corrected chi connectivity index (χ1v) is 4.51. The Morgan fingerprint density at radius 2 is 1.70 bits per heavy atom. The molecule has 2 heteroatoms. The lowest BCUT2D eigenvalue weighted by Crippen LogP contribution is -1.89. The van der Waals surface area contributed by atoms with Gasteiger partial charge in [0.25, 0.3) is 0 Å². The zero-order chi connectivity index (χ0) is 6.69. The van der Waals surface area contributed by atoms with Gasteiger partial charge in [-0.15, -0.1) is 0 Å². The van der Waals surface area contributed by atoms with E-state index in [2.05, 4.69) is 37.3 Å². The average Bonchev–Trinajstić information content (AvgIpc) is 1.90. The fourth-order valence-electron chi connectivity index (χ4n) is 0.838. The lowest BCUT2D eigenvalue weighted by Gasteiger charge is -2.01. The highest BCUT2D eigenvalue weighted by Gasteiger charge is 1.93. The van der Waals surface area contributed by atoms with Gasteiger partial charge in [-0.25, -0.2) is 0 Å². The largest absolute Gasteiger partial charge is 0.269 e. The summed E-state index contributed by atoms with van der Waals surface area (Å²) in [5.41, 5.74) is 2.27. The highest BCUT2D eigenvalue weighted by molar-refractivity contribution is 6.12. The fraction of sp³-hybridized carbons (Fsp3) is 0.250. The van der Waals surface area contributed by atoms with E-state index in [9.17, 15) is 0 Å². The van der Waals surface area contributed by atoms with Gasteiger partial charge in [-0.2, -0.15) is 0 Å². The van der Waals surface area contributed by atoms with Crippen LogP contribution in [0.4, 0.5) is 4.70 Å². The van der Waals surface area contributed by atoms with Crippen LogP contribution < -0.4 is 0 Å². The molecule has 0 spiro atoms. The number of benzene rings is 1. The number of hydrogen-bond donors (Lipinski definition) is 0. The molecule has 1 aromatic carbocycles. The van der Waals surface area contributed by atoms with Crippen molar-refractivity contribution in [2.75, 3.05) is 0 Å². The summed E-state index contributed by atoms with van der Waals surface area (Å²) in [6.07, 6.45) is 0. The first kappa shape index (κ1) is 9.37. The molecule has 0 aliphatic heterocycles. The van der Waals surface area contributed by atoms with Gasteiger partial charge in [0, 0.05) is 10.2 Å². The second kappa shape index (κ2) is 4.23. The summed E-state index contributed by atoms with van der Waals surface area (Å²) >= 11 is 0. The van der Waals surface area contributed by atoms with Crippen molar-refractivity contribution in [1.29, 1.82) is 0 Å². The van der Waals surface area contributed by atoms with E-state index in [1.165, 1.54) is 15.8 Å². The fourth-order valence-corrected chi connectivity index (χ4v) is 1.22. The molecule has 10 heavy (non-hydrogen) atoms. The molecular formula is C8H13FSi. The van der Waals surface area contributed by atoms with Crippen LogP contribution in [0.1, 0.15) is 18.0 Å². The van der Waals surface area contributed by atoms with Crippen LogP contribution in [-0.2, 0) is 0 Å². The predicted molar refractivity (Wildman–Crippen MR) is 47.3 cm³/mol. The van der Waals surface area contributed by atoms with Crippen molar-refractivity contribution < 1.29 is 4.70 Å². The molecule has 0 aromatic heterocycles. The molecular weight excluding hydrogens is 143 g/mol. The molecule has 0 radical (unpaired) electrons. The highest BCUT2D eigenvalue weighted by Crippen LogP contribution is 2.08. The average molecular weight is 156 g/mol. The van der Waals surface area contributed by atoms with Crippen LogP contribution in [0.5, 0.6) is 0 Å².